The zero-order valence-corrected chi connectivity index (χ0v) is 17.8. The van der Waals surface area contributed by atoms with Crippen molar-refractivity contribution >= 4 is 23.4 Å². The maximum atomic E-state index is 12.8. The summed E-state index contributed by atoms with van der Waals surface area (Å²) in [5.41, 5.74) is 3.31. The molecule has 7 heteroatoms. The van der Waals surface area contributed by atoms with Crippen LogP contribution in [0.2, 0.25) is 0 Å². The minimum atomic E-state index is 0.0795. The van der Waals surface area contributed by atoms with Gasteiger partial charge in [-0.25, -0.2) is 0 Å². The van der Waals surface area contributed by atoms with Crippen molar-refractivity contribution in [1.29, 1.82) is 0 Å². The van der Waals surface area contributed by atoms with E-state index in [4.69, 9.17) is 4.74 Å². The molecule has 0 N–H and O–H groups in total. The van der Waals surface area contributed by atoms with E-state index in [1.165, 1.54) is 17.3 Å². The fourth-order valence-electron chi connectivity index (χ4n) is 3.51. The van der Waals surface area contributed by atoms with Crippen LogP contribution >= 0.6 is 11.8 Å². The summed E-state index contributed by atoms with van der Waals surface area (Å²) in [7, 11) is 0. The fraction of sp³-hybridized carbons (Fsp3) is 0.261. The second-order valence-corrected chi connectivity index (χ2v) is 8.01. The van der Waals surface area contributed by atoms with E-state index in [-0.39, 0.29) is 5.91 Å². The van der Waals surface area contributed by atoms with E-state index >= 15 is 0 Å². The molecular weight excluding hydrogens is 396 g/mol. The predicted molar refractivity (Wildman–Crippen MR) is 119 cm³/mol. The first-order valence-corrected chi connectivity index (χ1v) is 10.9. The first-order valence-electron chi connectivity index (χ1n) is 9.90. The van der Waals surface area contributed by atoms with Crippen LogP contribution in [-0.4, -0.2) is 33.0 Å². The van der Waals surface area contributed by atoms with E-state index < -0.39 is 0 Å². The van der Waals surface area contributed by atoms with Gasteiger partial charge in [0.1, 0.15) is 12.4 Å². The lowest BCUT2D eigenvalue weighted by Gasteiger charge is -2.17. The van der Waals surface area contributed by atoms with E-state index in [1.807, 2.05) is 58.9 Å². The van der Waals surface area contributed by atoms with Crippen LogP contribution in [-0.2, 0) is 24.4 Å². The number of thioether (sulfide) groups is 1. The molecule has 3 aromatic rings. The number of rotatable bonds is 8. The van der Waals surface area contributed by atoms with Crippen LogP contribution in [0.25, 0.3) is 0 Å². The number of carbonyl (C=O) groups is 1. The number of aryl methyl sites for hydroxylation is 1. The van der Waals surface area contributed by atoms with Crippen LogP contribution in [0.15, 0.2) is 66.3 Å². The summed E-state index contributed by atoms with van der Waals surface area (Å²) < 4.78 is 7.87. The number of aromatic nitrogens is 3. The maximum Gasteiger partial charge on any atom is 0.237 e. The molecule has 4 rings (SSSR count). The molecule has 6 nitrogen and oxygen atoms in total. The first kappa shape index (κ1) is 20.2. The van der Waals surface area contributed by atoms with Gasteiger partial charge in [-0.3, -0.25) is 9.36 Å². The molecule has 0 spiro atoms. The number of allylic oxidation sites excluding steroid dienone is 1. The van der Waals surface area contributed by atoms with Crippen LogP contribution < -0.4 is 9.64 Å². The average molecular weight is 421 g/mol. The normalized spacial score (nSPS) is 12.6. The second kappa shape index (κ2) is 9.17. The van der Waals surface area contributed by atoms with Crippen LogP contribution in [0.1, 0.15) is 17.0 Å². The molecular formula is C23H24N4O2S. The average Bonchev–Trinajstić information content (AvgIpc) is 3.36. The number of para-hydroxylation sites is 2. The van der Waals surface area contributed by atoms with Crippen molar-refractivity contribution in [1.82, 2.24) is 14.8 Å². The second-order valence-electron chi connectivity index (χ2n) is 7.07. The third kappa shape index (κ3) is 4.26. The zero-order valence-electron chi connectivity index (χ0n) is 17.0. The molecule has 2 aromatic carbocycles. The summed E-state index contributed by atoms with van der Waals surface area (Å²) in [6.45, 7) is 7.43. The molecule has 1 amide bonds. The summed E-state index contributed by atoms with van der Waals surface area (Å²) in [6.07, 6.45) is 2.70. The van der Waals surface area contributed by atoms with Gasteiger partial charge < -0.3 is 9.64 Å². The Balaban J connectivity index is 1.42. The van der Waals surface area contributed by atoms with Crippen molar-refractivity contribution in [3.05, 3.63) is 78.1 Å². The fourth-order valence-corrected chi connectivity index (χ4v) is 4.35. The SMILES string of the molecule is C=CCn1c(COc2ccccc2C)nnc1SCC(=O)N1CCc2ccccc21. The van der Waals surface area contributed by atoms with Crippen molar-refractivity contribution in [3.63, 3.8) is 0 Å². The highest BCUT2D eigenvalue weighted by Gasteiger charge is 2.24. The molecule has 0 saturated heterocycles. The van der Waals surface area contributed by atoms with E-state index in [2.05, 4.69) is 22.8 Å². The van der Waals surface area contributed by atoms with Crippen molar-refractivity contribution in [3.8, 4) is 5.75 Å². The van der Waals surface area contributed by atoms with E-state index in [0.717, 1.165) is 30.0 Å². The smallest absolute Gasteiger partial charge is 0.237 e. The molecule has 0 aliphatic carbocycles. The van der Waals surface area contributed by atoms with Gasteiger partial charge in [-0.1, -0.05) is 54.2 Å². The molecule has 30 heavy (non-hydrogen) atoms. The Morgan fingerprint density at radius 1 is 1.20 bits per heavy atom. The van der Waals surface area contributed by atoms with E-state index in [0.29, 0.717) is 29.9 Å². The largest absolute Gasteiger partial charge is 0.485 e. The number of carbonyl (C=O) groups excluding carboxylic acids is 1. The number of nitrogens with zero attached hydrogens (tertiary/aromatic N) is 4. The Kier molecular flexibility index (Phi) is 6.18. The number of fused-ring (bicyclic) bond motifs is 1. The van der Waals surface area contributed by atoms with Crippen LogP contribution in [0, 0.1) is 6.92 Å². The van der Waals surface area contributed by atoms with Gasteiger partial charge in [0.2, 0.25) is 5.91 Å². The van der Waals surface area contributed by atoms with Gasteiger partial charge in [-0.2, -0.15) is 0 Å². The van der Waals surface area contributed by atoms with Crippen LogP contribution in [0.4, 0.5) is 5.69 Å². The first-order chi connectivity index (χ1) is 14.7. The van der Waals surface area contributed by atoms with Crippen LogP contribution in [0.5, 0.6) is 5.75 Å². The summed E-state index contributed by atoms with van der Waals surface area (Å²) in [5, 5.41) is 9.27. The number of amides is 1. The molecule has 0 bridgehead atoms. The molecule has 1 aliphatic rings. The number of hydrogen-bond donors (Lipinski definition) is 0. The molecule has 0 radical (unpaired) electrons. The summed E-state index contributed by atoms with van der Waals surface area (Å²) >= 11 is 1.40. The Bertz CT molecular complexity index is 1060. The van der Waals surface area contributed by atoms with Gasteiger partial charge in [-0.05, 0) is 36.6 Å². The lowest BCUT2D eigenvalue weighted by molar-refractivity contribution is -0.116. The van der Waals surface area contributed by atoms with E-state index in [9.17, 15) is 4.79 Å². The lowest BCUT2D eigenvalue weighted by atomic mass is 10.2. The molecule has 1 aromatic heterocycles. The Labute approximate surface area is 180 Å². The van der Waals surface area contributed by atoms with Crippen molar-refractivity contribution in [2.45, 2.75) is 31.7 Å². The molecule has 0 saturated carbocycles. The van der Waals surface area contributed by atoms with Crippen molar-refractivity contribution < 1.29 is 9.53 Å². The lowest BCUT2D eigenvalue weighted by Crippen LogP contribution is -2.30. The van der Waals surface area contributed by atoms with Crippen molar-refractivity contribution in [2.24, 2.45) is 0 Å². The summed E-state index contributed by atoms with van der Waals surface area (Å²) in [4.78, 5) is 14.7. The maximum absolute atomic E-state index is 12.8. The Hall–Kier alpha value is -3.06. The monoisotopic (exact) mass is 420 g/mol. The van der Waals surface area contributed by atoms with Crippen LogP contribution in [0.3, 0.4) is 0 Å². The van der Waals surface area contributed by atoms with E-state index in [1.54, 1.807) is 6.08 Å². The van der Waals surface area contributed by atoms with Crippen molar-refractivity contribution in [2.75, 3.05) is 17.2 Å². The topological polar surface area (TPSA) is 60.2 Å². The summed E-state index contributed by atoms with van der Waals surface area (Å²) in [5.74, 6) is 1.92. The molecule has 154 valence electrons. The molecule has 0 unspecified atom stereocenters. The third-order valence-corrected chi connectivity index (χ3v) is 6.02. The van der Waals surface area contributed by atoms with Gasteiger partial charge in [0.05, 0.1) is 5.75 Å². The molecule has 1 aliphatic heterocycles. The Morgan fingerprint density at radius 2 is 2.00 bits per heavy atom. The minimum Gasteiger partial charge on any atom is -0.485 e. The highest BCUT2D eigenvalue weighted by molar-refractivity contribution is 7.99. The highest BCUT2D eigenvalue weighted by atomic mass is 32.2. The van der Waals surface area contributed by atoms with Gasteiger partial charge in [-0.15, -0.1) is 16.8 Å². The number of benzene rings is 2. The van der Waals surface area contributed by atoms with Gasteiger partial charge in [0.15, 0.2) is 11.0 Å². The quantitative estimate of drug-likeness (QED) is 0.407. The summed E-state index contributed by atoms with van der Waals surface area (Å²) in [6, 6.07) is 15.9. The highest BCUT2D eigenvalue weighted by Crippen LogP contribution is 2.29. The number of ether oxygens (including phenoxy) is 1. The Morgan fingerprint density at radius 3 is 2.83 bits per heavy atom. The predicted octanol–water partition coefficient (Wildman–Crippen LogP) is 4.03. The number of hydrogen-bond acceptors (Lipinski definition) is 5. The van der Waals surface area contributed by atoms with Gasteiger partial charge in [0.25, 0.3) is 0 Å². The third-order valence-electron chi connectivity index (χ3n) is 5.07. The minimum absolute atomic E-state index is 0.0795. The molecule has 0 atom stereocenters. The standard InChI is InChI=1S/C23H24N4O2S/c1-3-13-27-21(15-29-20-11-7-4-8-17(20)2)24-25-23(27)30-16-22(28)26-14-12-18-9-5-6-10-19(18)26/h3-11H,1,12-16H2,2H3. The molecule has 2 heterocycles. The number of anilines is 1. The molecule has 0 fully saturated rings. The van der Waals surface area contributed by atoms with Gasteiger partial charge in [0, 0.05) is 18.8 Å². The zero-order chi connectivity index (χ0) is 20.9. The van der Waals surface area contributed by atoms with Gasteiger partial charge >= 0.3 is 0 Å².